The molecule has 0 amide bonds. The maximum Gasteiger partial charge on any atom is 0.0984 e. The number of rotatable bonds is 4. The van der Waals surface area contributed by atoms with Gasteiger partial charge in [-0.15, -0.1) is 11.3 Å². The van der Waals surface area contributed by atoms with E-state index in [1.54, 1.807) is 0 Å². The third-order valence-electron chi connectivity index (χ3n) is 7.14. The van der Waals surface area contributed by atoms with Crippen LogP contribution in [0.25, 0.3) is 0 Å². The Morgan fingerprint density at radius 1 is 1.27 bits per heavy atom. The van der Waals surface area contributed by atoms with E-state index >= 15 is 0 Å². The molecule has 4 aliphatic rings. The summed E-state index contributed by atoms with van der Waals surface area (Å²) in [7, 11) is 0. The number of ether oxygens (including phenoxy) is 1. The van der Waals surface area contributed by atoms with Crippen LogP contribution < -0.4 is 0 Å². The zero-order chi connectivity index (χ0) is 17.7. The fraction of sp³-hybridized carbons (Fsp3) is 0.800. The molecule has 6 heteroatoms. The fourth-order valence-electron chi connectivity index (χ4n) is 5.78. The molecule has 0 aliphatic carbocycles. The Bertz CT molecular complexity index is 648. The van der Waals surface area contributed by atoms with Gasteiger partial charge in [0.05, 0.1) is 11.7 Å². The first-order valence-corrected chi connectivity index (χ1v) is 12.1. The molecule has 0 unspecified atom stereocenters. The molecule has 2 bridgehead atoms. The number of hydrogen-bond acceptors (Lipinski definition) is 6. The minimum absolute atomic E-state index is 0.0495. The molecule has 144 valence electrons. The quantitative estimate of drug-likeness (QED) is 0.849. The Hall–Kier alpha value is -0.110. The number of aliphatic hydroxyl groups excluding tert-OH is 1. The van der Waals surface area contributed by atoms with E-state index < -0.39 is 0 Å². The van der Waals surface area contributed by atoms with E-state index in [0.29, 0.717) is 11.8 Å². The normalized spacial score (nSPS) is 38.8. The number of likely N-dealkylation sites (tertiary alicyclic amines) is 2. The molecule has 4 fully saturated rings. The average Bonchev–Trinajstić information content (AvgIpc) is 3.26. The van der Waals surface area contributed by atoms with E-state index in [2.05, 4.69) is 39.9 Å². The molecule has 4 saturated heterocycles. The lowest BCUT2D eigenvalue weighted by Gasteiger charge is -2.41. The van der Waals surface area contributed by atoms with Crippen LogP contribution in [0.4, 0.5) is 0 Å². The van der Waals surface area contributed by atoms with Crippen LogP contribution >= 0.6 is 23.1 Å². The summed E-state index contributed by atoms with van der Waals surface area (Å²) in [5.41, 5.74) is 1.36. The molecule has 1 aromatic rings. The van der Waals surface area contributed by atoms with Gasteiger partial charge in [0.25, 0.3) is 0 Å². The topological polar surface area (TPSA) is 35.9 Å². The van der Waals surface area contributed by atoms with Crippen molar-refractivity contribution in [3.8, 4) is 0 Å². The third kappa shape index (κ3) is 2.97. The first-order chi connectivity index (χ1) is 12.7. The molecule has 1 aromatic heterocycles. The summed E-state index contributed by atoms with van der Waals surface area (Å²) in [6.45, 7) is 7.73. The summed E-state index contributed by atoms with van der Waals surface area (Å²) < 4.78 is 6.67. The molecule has 4 nitrogen and oxygen atoms in total. The molecule has 5 heterocycles. The number of thiophene rings is 1. The SMILES string of the molecule is Cc1ccsc1CN1C[C@H]2O[C@]3(C1)CN(C1CCSCC1)C[C@@H]3[C@@H]2CO. The van der Waals surface area contributed by atoms with Crippen LogP contribution in [0.2, 0.25) is 0 Å². The van der Waals surface area contributed by atoms with Gasteiger partial charge in [-0.05, 0) is 48.3 Å². The molecule has 0 aromatic carbocycles. The van der Waals surface area contributed by atoms with Gasteiger partial charge in [-0.1, -0.05) is 0 Å². The highest BCUT2D eigenvalue weighted by atomic mass is 32.2. The second-order valence-electron chi connectivity index (χ2n) is 8.64. The molecule has 1 N–H and O–H groups in total. The van der Waals surface area contributed by atoms with Crippen molar-refractivity contribution in [3.63, 3.8) is 0 Å². The van der Waals surface area contributed by atoms with Gasteiger partial charge in [-0.25, -0.2) is 0 Å². The minimum atomic E-state index is -0.0495. The Kier molecular flexibility index (Phi) is 4.87. The van der Waals surface area contributed by atoms with E-state index in [0.717, 1.165) is 38.8 Å². The standard InChI is InChI=1S/C20H30N2O2S2/c1-14-2-7-26-19(14)10-21-9-18-16(11-23)17-8-22(13-20(17,12-21)24-18)15-3-5-25-6-4-15/h2,7,15-18,23H,3-6,8-13H2,1H3/t16-,17+,18+,20+/m0/s1. The van der Waals surface area contributed by atoms with Gasteiger partial charge in [0.2, 0.25) is 0 Å². The van der Waals surface area contributed by atoms with E-state index in [1.807, 2.05) is 11.3 Å². The van der Waals surface area contributed by atoms with Gasteiger partial charge in [-0.2, -0.15) is 11.8 Å². The number of nitrogens with zero attached hydrogens (tertiary/aromatic N) is 2. The van der Waals surface area contributed by atoms with Gasteiger partial charge in [0.1, 0.15) is 0 Å². The Balaban J connectivity index is 1.35. The number of fused-ring (bicyclic) bond motifs is 1. The lowest BCUT2D eigenvalue weighted by atomic mass is 9.83. The van der Waals surface area contributed by atoms with Crippen LogP contribution in [-0.4, -0.2) is 76.9 Å². The number of thioether (sulfide) groups is 1. The zero-order valence-corrected chi connectivity index (χ0v) is 17.2. The largest absolute Gasteiger partial charge is 0.396 e. The second kappa shape index (κ2) is 7.05. The smallest absolute Gasteiger partial charge is 0.0984 e. The number of aliphatic hydroxyl groups is 1. The highest BCUT2D eigenvalue weighted by Crippen LogP contribution is 2.50. The van der Waals surface area contributed by atoms with E-state index in [-0.39, 0.29) is 18.3 Å². The van der Waals surface area contributed by atoms with Gasteiger partial charge in [0.15, 0.2) is 0 Å². The predicted molar refractivity (Wildman–Crippen MR) is 108 cm³/mol. The first-order valence-electron chi connectivity index (χ1n) is 10.0. The van der Waals surface area contributed by atoms with E-state index in [9.17, 15) is 5.11 Å². The average molecular weight is 395 g/mol. The van der Waals surface area contributed by atoms with Gasteiger partial charge in [-0.3, -0.25) is 9.80 Å². The molecular formula is C20H30N2O2S2. The van der Waals surface area contributed by atoms with Crippen LogP contribution in [0.3, 0.4) is 0 Å². The van der Waals surface area contributed by atoms with Gasteiger partial charge >= 0.3 is 0 Å². The second-order valence-corrected chi connectivity index (χ2v) is 10.9. The summed E-state index contributed by atoms with van der Waals surface area (Å²) in [6.07, 6.45) is 2.85. The van der Waals surface area contributed by atoms with Crippen molar-refractivity contribution >= 4 is 23.1 Å². The summed E-state index contributed by atoms with van der Waals surface area (Å²) >= 11 is 3.97. The molecular weight excluding hydrogens is 364 g/mol. The molecule has 0 saturated carbocycles. The van der Waals surface area contributed by atoms with Crippen LogP contribution in [0.5, 0.6) is 0 Å². The summed E-state index contributed by atoms with van der Waals surface area (Å²) in [6, 6.07) is 2.96. The number of hydrogen-bond donors (Lipinski definition) is 1. The number of aryl methyl sites for hydroxylation is 1. The third-order valence-corrected chi connectivity index (χ3v) is 9.20. The van der Waals surface area contributed by atoms with Crippen LogP contribution in [0, 0.1) is 18.8 Å². The van der Waals surface area contributed by atoms with Crippen molar-refractivity contribution in [3.05, 3.63) is 21.9 Å². The molecule has 1 spiro atoms. The van der Waals surface area contributed by atoms with Crippen LogP contribution in [0.1, 0.15) is 23.3 Å². The summed E-state index contributed by atoms with van der Waals surface area (Å²) in [5.74, 6) is 3.42. The Labute approximate surface area is 164 Å². The Morgan fingerprint density at radius 3 is 2.85 bits per heavy atom. The minimum Gasteiger partial charge on any atom is -0.396 e. The lowest BCUT2D eigenvalue weighted by Crippen LogP contribution is -2.54. The van der Waals surface area contributed by atoms with Crippen LogP contribution in [-0.2, 0) is 11.3 Å². The predicted octanol–water partition coefficient (Wildman–Crippen LogP) is 2.45. The lowest BCUT2D eigenvalue weighted by molar-refractivity contribution is -0.121. The highest BCUT2D eigenvalue weighted by Gasteiger charge is 2.62. The Morgan fingerprint density at radius 2 is 2.12 bits per heavy atom. The summed E-state index contributed by atoms with van der Waals surface area (Å²) in [4.78, 5) is 6.80. The molecule has 5 rings (SSSR count). The molecule has 0 radical (unpaired) electrons. The van der Waals surface area contributed by atoms with Crippen molar-refractivity contribution < 1.29 is 9.84 Å². The molecule has 4 aliphatic heterocycles. The first kappa shape index (κ1) is 18.0. The molecule has 4 atom stereocenters. The maximum absolute atomic E-state index is 10.1. The van der Waals surface area contributed by atoms with Crippen LogP contribution in [0.15, 0.2) is 11.4 Å². The number of morpholine rings is 1. The van der Waals surface area contributed by atoms with Crippen molar-refractivity contribution in [2.45, 2.75) is 44.1 Å². The van der Waals surface area contributed by atoms with Gasteiger partial charge in [0, 0.05) is 62.1 Å². The monoisotopic (exact) mass is 394 g/mol. The van der Waals surface area contributed by atoms with Crippen molar-refractivity contribution in [1.29, 1.82) is 0 Å². The fourth-order valence-corrected chi connectivity index (χ4v) is 7.81. The molecule has 26 heavy (non-hydrogen) atoms. The van der Waals surface area contributed by atoms with Crippen molar-refractivity contribution in [2.24, 2.45) is 11.8 Å². The maximum atomic E-state index is 10.1. The van der Waals surface area contributed by atoms with Crippen molar-refractivity contribution in [2.75, 3.05) is 44.3 Å². The van der Waals surface area contributed by atoms with Crippen molar-refractivity contribution in [1.82, 2.24) is 9.80 Å². The summed E-state index contributed by atoms with van der Waals surface area (Å²) in [5, 5.41) is 12.3. The zero-order valence-electron chi connectivity index (χ0n) is 15.6. The van der Waals surface area contributed by atoms with E-state index in [1.165, 1.54) is 34.8 Å². The van der Waals surface area contributed by atoms with Gasteiger partial charge < -0.3 is 9.84 Å². The highest BCUT2D eigenvalue weighted by molar-refractivity contribution is 7.99. The van der Waals surface area contributed by atoms with E-state index in [4.69, 9.17) is 4.74 Å².